The van der Waals surface area contributed by atoms with Crippen LogP contribution in [-0.4, -0.2) is 29.0 Å². The van der Waals surface area contributed by atoms with E-state index in [0.717, 1.165) is 4.90 Å². The number of rotatable bonds is 7. The van der Waals surface area contributed by atoms with Gasteiger partial charge in [0.1, 0.15) is 10.6 Å². The van der Waals surface area contributed by atoms with Gasteiger partial charge in [0.05, 0.1) is 11.6 Å². The molecule has 0 spiro atoms. The first-order chi connectivity index (χ1) is 13.2. The number of hydrogen-bond acceptors (Lipinski definition) is 6. The van der Waals surface area contributed by atoms with E-state index >= 15 is 0 Å². The molecule has 1 aromatic carbocycles. The number of nitriles is 1. The summed E-state index contributed by atoms with van der Waals surface area (Å²) in [4.78, 5) is 29.6. The zero-order chi connectivity index (χ0) is 20.7. The SMILES string of the molecule is CC(C)[C@@](C)(C#N)NC(=O)COC(=O)c1cccnc1Sc1ccc(Cl)cc1. The number of halogens is 1. The van der Waals surface area contributed by atoms with Gasteiger partial charge in [-0.15, -0.1) is 0 Å². The van der Waals surface area contributed by atoms with Crippen molar-refractivity contribution in [3.05, 3.63) is 53.2 Å². The Balaban J connectivity index is 2.04. The van der Waals surface area contributed by atoms with Crippen molar-refractivity contribution in [2.75, 3.05) is 6.61 Å². The van der Waals surface area contributed by atoms with Gasteiger partial charge in [-0.25, -0.2) is 9.78 Å². The smallest absolute Gasteiger partial charge is 0.341 e. The average molecular weight is 418 g/mol. The molecule has 1 N–H and O–H groups in total. The zero-order valence-electron chi connectivity index (χ0n) is 15.7. The van der Waals surface area contributed by atoms with Gasteiger partial charge in [0.15, 0.2) is 6.61 Å². The van der Waals surface area contributed by atoms with E-state index in [1.165, 1.54) is 11.8 Å². The van der Waals surface area contributed by atoms with Crippen LogP contribution in [-0.2, 0) is 9.53 Å². The van der Waals surface area contributed by atoms with E-state index < -0.39 is 24.0 Å². The first-order valence-electron chi connectivity index (χ1n) is 8.53. The van der Waals surface area contributed by atoms with Crippen LogP contribution in [0.15, 0.2) is 52.5 Å². The van der Waals surface area contributed by atoms with E-state index in [1.54, 1.807) is 37.4 Å². The molecule has 146 valence electrons. The van der Waals surface area contributed by atoms with E-state index in [9.17, 15) is 14.9 Å². The van der Waals surface area contributed by atoms with Crippen molar-refractivity contribution < 1.29 is 14.3 Å². The van der Waals surface area contributed by atoms with Gasteiger partial charge in [0, 0.05) is 16.1 Å². The maximum Gasteiger partial charge on any atom is 0.341 e. The standard InChI is InChI=1S/C20H20ClN3O3S/c1-13(2)20(3,12-22)24-17(25)11-27-19(26)16-5-4-10-23-18(16)28-15-8-6-14(21)7-9-15/h4-10,13H,11H2,1-3H3,(H,24,25)/t20-/m1/s1. The number of benzene rings is 1. The van der Waals surface area contributed by atoms with Crippen molar-refractivity contribution in [1.82, 2.24) is 10.3 Å². The highest BCUT2D eigenvalue weighted by atomic mass is 35.5. The Morgan fingerprint density at radius 1 is 1.32 bits per heavy atom. The number of aromatic nitrogens is 1. The lowest BCUT2D eigenvalue weighted by Gasteiger charge is -2.27. The number of nitrogens with one attached hydrogen (secondary N) is 1. The molecule has 0 saturated carbocycles. The predicted octanol–water partition coefficient (Wildman–Crippen LogP) is 4.10. The molecule has 28 heavy (non-hydrogen) atoms. The number of carbonyl (C=O) groups is 2. The Bertz CT molecular complexity index is 896. The molecule has 6 nitrogen and oxygen atoms in total. The third-order valence-corrected chi connectivity index (χ3v) is 5.42. The molecule has 0 fully saturated rings. The molecule has 0 aliphatic heterocycles. The highest BCUT2D eigenvalue weighted by Gasteiger charge is 2.30. The number of ether oxygens (including phenoxy) is 1. The summed E-state index contributed by atoms with van der Waals surface area (Å²) in [6.45, 7) is 4.79. The zero-order valence-corrected chi connectivity index (χ0v) is 17.3. The third-order valence-electron chi connectivity index (χ3n) is 4.14. The highest BCUT2D eigenvalue weighted by Crippen LogP contribution is 2.29. The lowest BCUT2D eigenvalue weighted by Crippen LogP contribution is -2.50. The first-order valence-corrected chi connectivity index (χ1v) is 9.72. The number of esters is 1. The summed E-state index contributed by atoms with van der Waals surface area (Å²) in [5.74, 6) is -1.30. The Morgan fingerprint density at radius 2 is 2.00 bits per heavy atom. The quantitative estimate of drug-likeness (QED) is 0.682. The van der Waals surface area contributed by atoms with Crippen LogP contribution in [0.2, 0.25) is 5.02 Å². The van der Waals surface area contributed by atoms with Gasteiger partial charge < -0.3 is 10.1 Å². The van der Waals surface area contributed by atoms with Crippen LogP contribution < -0.4 is 5.32 Å². The predicted molar refractivity (Wildman–Crippen MR) is 107 cm³/mol. The third kappa shape index (κ3) is 5.72. The van der Waals surface area contributed by atoms with Crippen LogP contribution in [0, 0.1) is 17.2 Å². The molecule has 8 heteroatoms. The van der Waals surface area contributed by atoms with Crippen LogP contribution >= 0.6 is 23.4 Å². The summed E-state index contributed by atoms with van der Waals surface area (Å²) in [5.41, 5.74) is -0.782. The van der Waals surface area contributed by atoms with Gasteiger partial charge in [-0.2, -0.15) is 5.26 Å². The number of amides is 1. The first kappa shape index (κ1) is 21.7. The number of carbonyl (C=O) groups excluding carboxylic acids is 2. The maximum atomic E-state index is 12.4. The molecule has 2 rings (SSSR count). The Hall–Kier alpha value is -2.56. The molecule has 0 bridgehead atoms. The van der Waals surface area contributed by atoms with Crippen LogP contribution in [0.4, 0.5) is 0 Å². The van der Waals surface area contributed by atoms with Gasteiger partial charge in [0.2, 0.25) is 0 Å². The maximum absolute atomic E-state index is 12.4. The van der Waals surface area contributed by atoms with Crippen LogP contribution in [0.25, 0.3) is 0 Å². The van der Waals surface area contributed by atoms with E-state index in [1.807, 2.05) is 26.0 Å². The fraction of sp³-hybridized carbons (Fsp3) is 0.300. The number of nitrogens with zero attached hydrogens (tertiary/aromatic N) is 2. The van der Waals surface area contributed by atoms with E-state index in [4.69, 9.17) is 16.3 Å². The van der Waals surface area contributed by atoms with Crippen molar-refractivity contribution in [2.24, 2.45) is 5.92 Å². The minimum absolute atomic E-state index is 0.0992. The molecule has 2 aromatic rings. The minimum Gasteiger partial charge on any atom is -0.452 e. The van der Waals surface area contributed by atoms with Crippen molar-refractivity contribution in [1.29, 1.82) is 5.26 Å². The summed E-state index contributed by atoms with van der Waals surface area (Å²) in [5, 5.41) is 12.9. The lowest BCUT2D eigenvalue weighted by atomic mass is 9.90. The minimum atomic E-state index is -1.03. The molecule has 1 atom stereocenters. The summed E-state index contributed by atoms with van der Waals surface area (Å²) in [6.07, 6.45) is 1.57. The van der Waals surface area contributed by atoms with Crippen molar-refractivity contribution >= 4 is 35.2 Å². The largest absolute Gasteiger partial charge is 0.452 e. The molecular weight excluding hydrogens is 398 g/mol. The van der Waals surface area contributed by atoms with E-state index in [2.05, 4.69) is 16.4 Å². The Kier molecular flexibility index (Phi) is 7.44. The second kappa shape index (κ2) is 9.58. The fourth-order valence-corrected chi connectivity index (χ4v) is 3.07. The molecule has 0 unspecified atom stereocenters. The normalized spacial score (nSPS) is 12.7. The van der Waals surface area contributed by atoms with Crippen molar-refractivity contribution in [3.8, 4) is 6.07 Å². The molecule has 0 radical (unpaired) electrons. The molecule has 1 aromatic heterocycles. The van der Waals surface area contributed by atoms with Gasteiger partial charge in [0.25, 0.3) is 5.91 Å². The molecule has 0 saturated heterocycles. The lowest BCUT2D eigenvalue weighted by molar-refractivity contribution is -0.125. The second-order valence-electron chi connectivity index (χ2n) is 6.51. The van der Waals surface area contributed by atoms with Crippen LogP contribution in [0.3, 0.4) is 0 Å². The summed E-state index contributed by atoms with van der Waals surface area (Å²) in [7, 11) is 0. The summed E-state index contributed by atoms with van der Waals surface area (Å²) < 4.78 is 5.12. The van der Waals surface area contributed by atoms with E-state index in [-0.39, 0.29) is 11.5 Å². The molecule has 0 aliphatic rings. The van der Waals surface area contributed by atoms with Gasteiger partial charge in [-0.05, 0) is 49.2 Å². The Morgan fingerprint density at radius 3 is 2.61 bits per heavy atom. The number of hydrogen-bond donors (Lipinski definition) is 1. The monoisotopic (exact) mass is 417 g/mol. The summed E-state index contributed by atoms with van der Waals surface area (Å²) >= 11 is 7.17. The van der Waals surface area contributed by atoms with Gasteiger partial charge >= 0.3 is 5.97 Å². The van der Waals surface area contributed by atoms with Crippen molar-refractivity contribution in [3.63, 3.8) is 0 Å². The summed E-state index contributed by atoms with van der Waals surface area (Å²) in [6, 6.07) is 12.4. The fourth-order valence-electron chi connectivity index (χ4n) is 2.08. The number of pyridine rings is 1. The van der Waals surface area contributed by atoms with Gasteiger partial charge in [-0.1, -0.05) is 37.2 Å². The second-order valence-corrected chi connectivity index (χ2v) is 8.00. The van der Waals surface area contributed by atoms with E-state index in [0.29, 0.717) is 10.0 Å². The highest BCUT2D eigenvalue weighted by molar-refractivity contribution is 7.99. The topological polar surface area (TPSA) is 92.1 Å². The molecule has 0 aliphatic carbocycles. The molecule has 1 amide bonds. The molecule has 1 heterocycles. The average Bonchev–Trinajstić information content (AvgIpc) is 2.68. The molecular formula is C20H20ClN3O3S. The Labute approximate surface area is 173 Å². The van der Waals surface area contributed by atoms with Crippen LogP contribution in [0.5, 0.6) is 0 Å². The van der Waals surface area contributed by atoms with Crippen molar-refractivity contribution in [2.45, 2.75) is 36.2 Å². The van der Waals surface area contributed by atoms with Crippen LogP contribution in [0.1, 0.15) is 31.1 Å². The van der Waals surface area contributed by atoms with Gasteiger partial charge in [-0.3, -0.25) is 4.79 Å².